The Bertz CT molecular complexity index is 254. The maximum absolute atomic E-state index is 10.3. The van der Waals surface area contributed by atoms with Crippen LogP contribution < -0.4 is 5.43 Å². The second kappa shape index (κ2) is 5.65. The summed E-state index contributed by atoms with van der Waals surface area (Å²) < 4.78 is 0. The minimum atomic E-state index is -0.932. The topological polar surface area (TPSA) is 97.9 Å². The smallest absolute Gasteiger partial charge is 0.277 e. The number of nitrogens with zero attached hydrogens (tertiary/aromatic N) is 4. The second-order valence-electron chi connectivity index (χ2n) is 2.32. The molecule has 7 heteroatoms. The van der Waals surface area contributed by atoms with Crippen LogP contribution in [-0.2, 0) is 9.59 Å². The zero-order chi connectivity index (χ0) is 10.3. The largest absolute Gasteiger partial charge is 0.343 e. The molecule has 0 aliphatic heterocycles. The average Bonchev–Trinajstić information content (AvgIpc) is 2.11. The number of hydrogen-bond donors (Lipinski definition) is 1. The Morgan fingerprint density at radius 3 is 2.69 bits per heavy atom. The fourth-order valence-corrected chi connectivity index (χ4v) is 0.390. The van der Waals surface area contributed by atoms with Gasteiger partial charge in [-0.3, -0.25) is 9.59 Å². The molecule has 0 aromatic carbocycles. The van der Waals surface area contributed by atoms with Crippen LogP contribution in [0.1, 0.15) is 13.8 Å². The van der Waals surface area contributed by atoms with Crippen LogP contribution in [0, 0.1) is 11.3 Å². The normalized spacial score (nSPS) is 9.69. The maximum Gasteiger partial charge on any atom is 0.343 e. The molecule has 0 aromatic heterocycles. The summed E-state index contributed by atoms with van der Waals surface area (Å²) in [6.45, 7) is 3.44. The molecule has 13 heavy (non-hydrogen) atoms. The summed E-state index contributed by atoms with van der Waals surface area (Å²) in [5.41, 5.74) is 1.81. The summed E-state index contributed by atoms with van der Waals surface area (Å²) in [4.78, 5) is 20.6. The van der Waals surface area contributed by atoms with E-state index in [1.54, 1.807) is 13.8 Å². The van der Waals surface area contributed by atoms with E-state index in [4.69, 9.17) is 5.26 Å². The van der Waals surface area contributed by atoms with Gasteiger partial charge in [0, 0.05) is 0 Å². The van der Waals surface area contributed by atoms with Crippen LogP contribution in [0.15, 0.2) is 10.4 Å². The third-order valence-electron chi connectivity index (χ3n) is 1.04. The standard InChI is InChI=1S/C6H9N5O2/c1-5(2)11(4-12)10-9-8-6(13)3-7/h4-5H,1-2H3,(H,8,10,13). The van der Waals surface area contributed by atoms with Gasteiger partial charge < -0.3 is 0 Å². The Kier molecular flexibility index (Phi) is 4.79. The fourth-order valence-electron chi connectivity index (χ4n) is 0.390. The van der Waals surface area contributed by atoms with Gasteiger partial charge in [0.15, 0.2) is 6.07 Å². The Morgan fingerprint density at radius 2 is 2.31 bits per heavy atom. The van der Waals surface area contributed by atoms with Gasteiger partial charge in [-0.25, -0.2) is 10.4 Å². The van der Waals surface area contributed by atoms with Gasteiger partial charge in [0.25, 0.3) is 0 Å². The van der Waals surface area contributed by atoms with Crippen LogP contribution in [0.4, 0.5) is 0 Å². The molecule has 70 valence electrons. The van der Waals surface area contributed by atoms with Crippen molar-refractivity contribution in [3.8, 4) is 6.07 Å². The van der Waals surface area contributed by atoms with E-state index in [0.29, 0.717) is 6.41 Å². The highest BCUT2D eigenvalue weighted by atomic mass is 16.2. The summed E-state index contributed by atoms with van der Waals surface area (Å²) in [7, 11) is 0. The molecular weight excluding hydrogens is 174 g/mol. The molecule has 0 spiro atoms. The SMILES string of the molecule is CC(C)N(C=O)N=NNC(=O)C#N. The van der Waals surface area contributed by atoms with Crippen LogP contribution in [0.2, 0.25) is 0 Å². The fraction of sp³-hybridized carbons (Fsp3) is 0.500. The summed E-state index contributed by atoms with van der Waals surface area (Å²) in [5.74, 6) is -0.932. The third kappa shape index (κ3) is 4.47. The van der Waals surface area contributed by atoms with E-state index in [1.165, 1.54) is 6.07 Å². The molecule has 1 N–H and O–H groups in total. The number of amides is 2. The number of hydrogen-bond acceptors (Lipinski definition) is 5. The van der Waals surface area contributed by atoms with Gasteiger partial charge in [-0.15, -0.1) is 0 Å². The minimum absolute atomic E-state index is 0.153. The molecule has 0 aliphatic carbocycles. The maximum atomic E-state index is 10.3. The predicted octanol–water partition coefficient (Wildman–Crippen LogP) is -0.225. The van der Waals surface area contributed by atoms with Crippen molar-refractivity contribution in [2.75, 3.05) is 0 Å². The van der Waals surface area contributed by atoms with Crippen LogP contribution in [0.5, 0.6) is 0 Å². The van der Waals surface area contributed by atoms with Crippen LogP contribution in [0.25, 0.3) is 0 Å². The van der Waals surface area contributed by atoms with Crippen LogP contribution in [-0.4, -0.2) is 23.4 Å². The molecule has 0 atom stereocenters. The Labute approximate surface area is 75.0 Å². The molecular formula is C6H9N5O2. The summed E-state index contributed by atoms with van der Waals surface area (Å²) in [6, 6.07) is 1.12. The highest BCUT2D eigenvalue weighted by Gasteiger charge is 2.03. The number of carbonyl (C=O) groups excluding carboxylic acids is 2. The lowest BCUT2D eigenvalue weighted by molar-refractivity contribution is -0.121. The molecule has 0 radical (unpaired) electrons. The zero-order valence-corrected chi connectivity index (χ0v) is 7.26. The molecule has 2 amide bonds. The van der Waals surface area contributed by atoms with Gasteiger partial charge in [0.1, 0.15) is 0 Å². The monoisotopic (exact) mass is 183 g/mol. The van der Waals surface area contributed by atoms with Crippen molar-refractivity contribution in [1.82, 2.24) is 10.4 Å². The van der Waals surface area contributed by atoms with Crippen LogP contribution >= 0.6 is 0 Å². The molecule has 0 saturated carbocycles. The highest BCUT2D eigenvalue weighted by Crippen LogP contribution is 1.93. The average molecular weight is 183 g/mol. The first-order chi connectivity index (χ1) is 6.11. The molecule has 0 heterocycles. The number of nitriles is 1. The lowest BCUT2D eigenvalue weighted by atomic mass is 10.4. The Morgan fingerprint density at radius 1 is 1.69 bits per heavy atom. The van der Waals surface area contributed by atoms with E-state index in [2.05, 4.69) is 10.4 Å². The zero-order valence-electron chi connectivity index (χ0n) is 7.26. The lowest BCUT2D eigenvalue weighted by Crippen LogP contribution is -2.24. The van der Waals surface area contributed by atoms with Crippen LogP contribution in [0.3, 0.4) is 0 Å². The van der Waals surface area contributed by atoms with E-state index in [-0.39, 0.29) is 6.04 Å². The number of rotatable bonds is 4. The number of carbonyl (C=O) groups is 2. The molecule has 0 unspecified atom stereocenters. The first-order valence-electron chi connectivity index (χ1n) is 3.46. The van der Waals surface area contributed by atoms with E-state index in [1.807, 2.05) is 5.43 Å². The molecule has 0 saturated heterocycles. The van der Waals surface area contributed by atoms with E-state index in [0.717, 1.165) is 5.01 Å². The van der Waals surface area contributed by atoms with E-state index in [9.17, 15) is 9.59 Å². The molecule has 0 aliphatic rings. The second-order valence-corrected chi connectivity index (χ2v) is 2.32. The van der Waals surface area contributed by atoms with Gasteiger partial charge in [0.05, 0.1) is 6.04 Å². The lowest BCUT2D eigenvalue weighted by Gasteiger charge is -2.12. The van der Waals surface area contributed by atoms with Gasteiger partial charge in [-0.05, 0) is 24.3 Å². The quantitative estimate of drug-likeness (QED) is 0.282. The number of nitrogens with one attached hydrogen (secondary N) is 1. The van der Waals surface area contributed by atoms with Crippen molar-refractivity contribution in [3.63, 3.8) is 0 Å². The third-order valence-corrected chi connectivity index (χ3v) is 1.04. The minimum Gasteiger partial charge on any atom is -0.277 e. The van der Waals surface area contributed by atoms with Crippen molar-refractivity contribution < 1.29 is 9.59 Å². The Balaban J connectivity index is 4.03. The Hall–Kier alpha value is -1.97. The summed E-state index contributed by atoms with van der Waals surface area (Å²) in [6.07, 6.45) is 0.465. The first-order valence-corrected chi connectivity index (χ1v) is 3.46. The van der Waals surface area contributed by atoms with E-state index >= 15 is 0 Å². The van der Waals surface area contributed by atoms with Crippen molar-refractivity contribution in [3.05, 3.63) is 0 Å². The molecule has 7 nitrogen and oxygen atoms in total. The highest BCUT2D eigenvalue weighted by molar-refractivity contribution is 5.90. The van der Waals surface area contributed by atoms with Crippen molar-refractivity contribution in [2.45, 2.75) is 19.9 Å². The van der Waals surface area contributed by atoms with Gasteiger partial charge >= 0.3 is 5.91 Å². The van der Waals surface area contributed by atoms with Crippen molar-refractivity contribution in [1.29, 1.82) is 5.26 Å². The van der Waals surface area contributed by atoms with Gasteiger partial charge in [0.2, 0.25) is 6.41 Å². The molecule has 0 aromatic rings. The molecule has 0 bridgehead atoms. The van der Waals surface area contributed by atoms with Gasteiger partial charge in [-0.1, -0.05) is 0 Å². The van der Waals surface area contributed by atoms with Crippen molar-refractivity contribution >= 4 is 12.3 Å². The van der Waals surface area contributed by atoms with E-state index < -0.39 is 5.91 Å². The molecule has 0 fully saturated rings. The molecule has 0 rings (SSSR count). The predicted molar refractivity (Wildman–Crippen MR) is 41.7 cm³/mol. The summed E-state index contributed by atoms with van der Waals surface area (Å²) >= 11 is 0. The first kappa shape index (κ1) is 11.0. The summed E-state index contributed by atoms with van der Waals surface area (Å²) in [5, 5.41) is 15.5. The van der Waals surface area contributed by atoms with Crippen molar-refractivity contribution in [2.24, 2.45) is 10.4 Å². The van der Waals surface area contributed by atoms with Gasteiger partial charge in [-0.2, -0.15) is 5.26 Å².